The molecular weight excluding hydrogens is 180 g/mol. The smallest absolute Gasteiger partial charge is 0.0929 e. The third-order valence-electron chi connectivity index (χ3n) is 1.92. The van der Waals surface area contributed by atoms with Gasteiger partial charge in [0.05, 0.1) is 17.7 Å². The van der Waals surface area contributed by atoms with Crippen LogP contribution in [0.1, 0.15) is 5.69 Å². The minimum Gasteiger partial charge on any atom is -0.347 e. The Morgan fingerprint density at radius 1 is 1.23 bits per heavy atom. The molecule has 0 atom stereocenters. The van der Waals surface area contributed by atoms with Crippen LogP contribution < -0.4 is 0 Å². The topological polar surface area (TPSA) is 28.7 Å². The maximum atomic E-state index is 4.25. The van der Waals surface area contributed by atoms with Gasteiger partial charge < -0.3 is 4.98 Å². The van der Waals surface area contributed by atoms with Gasteiger partial charge in [-0.15, -0.1) is 0 Å². The Morgan fingerprint density at radius 3 is 2.69 bits per heavy atom. The zero-order valence-electron chi connectivity index (χ0n) is 7.07. The molecule has 2 rings (SSSR count). The summed E-state index contributed by atoms with van der Waals surface area (Å²) in [6, 6.07) is 10.1. The van der Waals surface area contributed by atoms with Crippen LogP contribution in [0.4, 0.5) is 0 Å². The largest absolute Gasteiger partial charge is 0.347 e. The van der Waals surface area contributed by atoms with Crippen molar-refractivity contribution >= 4 is 12.6 Å². The molecule has 0 fully saturated rings. The number of benzene rings is 1. The summed E-state index contributed by atoms with van der Waals surface area (Å²) in [5.74, 6) is 0.685. The lowest BCUT2D eigenvalue weighted by Gasteiger charge is -1.98. The summed E-state index contributed by atoms with van der Waals surface area (Å²) in [5.41, 5.74) is 3.19. The summed E-state index contributed by atoms with van der Waals surface area (Å²) < 4.78 is 0. The monoisotopic (exact) mass is 190 g/mol. The summed E-state index contributed by atoms with van der Waals surface area (Å²) in [7, 11) is 0. The Balaban J connectivity index is 2.47. The number of nitrogens with one attached hydrogen (secondary N) is 1. The summed E-state index contributed by atoms with van der Waals surface area (Å²) in [6.07, 6.45) is 1.70. The number of thiol groups is 1. The summed E-state index contributed by atoms with van der Waals surface area (Å²) in [6.45, 7) is 0. The van der Waals surface area contributed by atoms with Crippen molar-refractivity contribution in [2.75, 3.05) is 0 Å². The molecule has 0 unspecified atom stereocenters. The molecule has 3 heteroatoms. The molecule has 2 nitrogen and oxygen atoms in total. The standard InChI is InChI=1S/C10H10N2S/c13-6-9-10(12-7-11-9)8-4-2-1-3-5-8/h1-5,7,13H,6H2,(H,11,12). The molecule has 0 saturated carbocycles. The molecule has 0 spiro atoms. The summed E-state index contributed by atoms with van der Waals surface area (Å²) in [5, 5.41) is 0. The van der Waals surface area contributed by atoms with Crippen LogP contribution in [0.5, 0.6) is 0 Å². The molecular formula is C10H10N2S. The maximum Gasteiger partial charge on any atom is 0.0929 e. The van der Waals surface area contributed by atoms with Crippen molar-refractivity contribution in [2.45, 2.75) is 5.75 Å². The summed E-state index contributed by atoms with van der Waals surface area (Å²) >= 11 is 4.22. The van der Waals surface area contributed by atoms with Gasteiger partial charge in [-0.2, -0.15) is 12.6 Å². The second-order valence-electron chi connectivity index (χ2n) is 2.75. The fourth-order valence-electron chi connectivity index (χ4n) is 1.29. The number of hydrogen-bond donors (Lipinski definition) is 2. The predicted octanol–water partition coefficient (Wildman–Crippen LogP) is 2.51. The van der Waals surface area contributed by atoms with Gasteiger partial charge in [0, 0.05) is 11.3 Å². The first kappa shape index (κ1) is 8.38. The molecule has 2 aromatic rings. The normalized spacial score (nSPS) is 10.2. The Bertz CT molecular complexity index is 381. The van der Waals surface area contributed by atoms with Crippen molar-refractivity contribution < 1.29 is 0 Å². The van der Waals surface area contributed by atoms with Crippen LogP contribution in [0.3, 0.4) is 0 Å². The van der Waals surface area contributed by atoms with E-state index in [1.807, 2.05) is 30.3 Å². The molecule has 66 valence electrons. The Labute approximate surface area is 82.4 Å². The number of H-pyrrole nitrogens is 1. The number of imidazole rings is 1. The van der Waals surface area contributed by atoms with Gasteiger partial charge >= 0.3 is 0 Å². The number of hydrogen-bond acceptors (Lipinski definition) is 2. The molecule has 0 amide bonds. The molecule has 1 heterocycles. The van der Waals surface area contributed by atoms with Gasteiger partial charge in [-0.3, -0.25) is 0 Å². The van der Waals surface area contributed by atoms with Crippen LogP contribution >= 0.6 is 12.6 Å². The van der Waals surface area contributed by atoms with E-state index in [0.29, 0.717) is 5.75 Å². The highest BCUT2D eigenvalue weighted by atomic mass is 32.1. The second-order valence-corrected chi connectivity index (χ2v) is 3.07. The molecule has 0 aliphatic carbocycles. The van der Waals surface area contributed by atoms with Crippen molar-refractivity contribution in [3.63, 3.8) is 0 Å². The van der Waals surface area contributed by atoms with Crippen molar-refractivity contribution in [3.05, 3.63) is 42.4 Å². The number of nitrogens with zero attached hydrogens (tertiary/aromatic N) is 1. The van der Waals surface area contributed by atoms with E-state index in [1.165, 1.54) is 0 Å². The third-order valence-corrected chi connectivity index (χ3v) is 2.24. The van der Waals surface area contributed by atoms with Gasteiger partial charge in [-0.1, -0.05) is 30.3 Å². The molecule has 13 heavy (non-hydrogen) atoms. The Kier molecular flexibility index (Phi) is 2.36. The zero-order valence-corrected chi connectivity index (χ0v) is 7.96. The Hall–Kier alpha value is -1.22. The van der Waals surface area contributed by atoms with Crippen LogP contribution in [0.25, 0.3) is 11.3 Å². The summed E-state index contributed by atoms with van der Waals surface area (Å²) in [4.78, 5) is 7.32. The first-order valence-corrected chi connectivity index (χ1v) is 4.73. The van der Waals surface area contributed by atoms with Crippen molar-refractivity contribution in [2.24, 2.45) is 0 Å². The van der Waals surface area contributed by atoms with Gasteiger partial charge in [-0.25, -0.2) is 4.98 Å². The zero-order chi connectivity index (χ0) is 9.10. The lowest BCUT2D eigenvalue weighted by molar-refractivity contribution is 1.23. The second kappa shape index (κ2) is 3.66. The quantitative estimate of drug-likeness (QED) is 0.700. The van der Waals surface area contributed by atoms with Gasteiger partial charge in [0.25, 0.3) is 0 Å². The molecule has 0 bridgehead atoms. The fourth-order valence-corrected chi connectivity index (χ4v) is 1.53. The van der Waals surface area contributed by atoms with E-state index in [9.17, 15) is 0 Å². The van der Waals surface area contributed by atoms with Crippen molar-refractivity contribution in [3.8, 4) is 11.3 Å². The van der Waals surface area contributed by atoms with E-state index in [1.54, 1.807) is 6.33 Å². The fraction of sp³-hybridized carbons (Fsp3) is 0.100. The average molecular weight is 190 g/mol. The maximum absolute atomic E-state index is 4.25. The van der Waals surface area contributed by atoms with E-state index in [0.717, 1.165) is 17.0 Å². The first-order chi connectivity index (χ1) is 6.42. The number of aromatic nitrogens is 2. The van der Waals surface area contributed by atoms with Gasteiger partial charge in [0.2, 0.25) is 0 Å². The first-order valence-electron chi connectivity index (χ1n) is 4.10. The lowest BCUT2D eigenvalue weighted by Crippen LogP contribution is -1.83. The van der Waals surface area contributed by atoms with Gasteiger partial charge in [0.1, 0.15) is 0 Å². The molecule has 0 radical (unpaired) electrons. The van der Waals surface area contributed by atoms with E-state index in [4.69, 9.17) is 0 Å². The van der Waals surface area contributed by atoms with E-state index in [2.05, 4.69) is 22.6 Å². The highest BCUT2D eigenvalue weighted by molar-refractivity contribution is 7.79. The number of aromatic amines is 1. The van der Waals surface area contributed by atoms with E-state index >= 15 is 0 Å². The molecule has 1 aromatic heterocycles. The van der Waals surface area contributed by atoms with E-state index < -0.39 is 0 Å². The van der Waals surface area contributed by atoms with Crippen LogP contribution in [0.15, 0.2) is 36.7 Å². The molecule has 1 aromatic carbocycles. The minimum atomic E-state index is 0.685. The molecule has 0 saturated heterocycles. The SMILES string of the molecule is SCc1[nH]cnc1-c1ccccc1. The van der Waals surface area contributed by atoms with Crippen LogP contribution in [0, 0.1) is 0 Å². The molecule has 0 aliphatic heterocycles. The van der Waals surface area contributed by atoms with Crippen LogP contribution in [-0.4, -0.2) is 9.97 Å². The van der Waals surface area contributed by atoms with Crippen molar-refractivity contribution in [1.29, 1.82) is 0 Å². The van der Waals surface area contributed by atoms with Gasteiger partial charge in [-0.05, 0) is 0 Å². The molecule has 1 N–H and O–H groups in total. The third kappa shape index (κ3) is 1.60. The Morgan fingerprint density at radius 2 is 2.00 bits per heavy atom. The van der Waals surface area contributed by atoms with Crippen LogP contribution in [0.2, 0.25) is 0 Å². The van der Waals surface area contributed by atoms with Gasteiger partial charge in [0.15, 0.2) is 0 Å². The number of rotatable bonds is 2. The minimum absolute atomic E-state index is 0.685. The van der Waals surface area contributed by atoms with Crippen molar-refractivity contribution in [1.82, 2.24) is 9.97 Å². The lowest BCUT2D eigenvalue weighted by atomic mass is 10.1. The van der Waals surface area contributed by atoms with Crippen LogP contribution in [-0.2, 0) is 5.75 Å². The van der Waals surface area contributed by atoms with E-state index in [-0.39, 0.29) is 0 Å². The predicted molar refractivity (Wildman–Crippen MR) is 56.7 cm³/mol. The average Bonchev–Trinajstić information content (AvgIpc) is 2.67. The molecule has 0 aliphatic rings. The highest BCUT2D eigenvalue weighted by Gasteiger charge is 2.04. The highest BCUT2D eigenvalue weighted by Crippen LogP contribution is 2.20.